The Bertz CT molecular complexity index is 754. The van der Waals surface area contributed by atoms with Gasteiger partial charge >= 0.3 is 0 Å². The third-order valence-electron chi connectivity index (χ3n) is 3.15. The molecule has 0 saturated heterocycles. The van der Waals surface area contributed by atoms with Crippen molar-refractivity contribution < 1.29 is 0 Å². The molecule has 0 unspecified atom stereocenters. The molecule has 0 saturated carbocycles. The summed E-state index contributed by atoms with van der Waals surface area (Å²) in [6.45, 7) is 4.68. The van der Waals surface area contributed by atoms with Crippen molar-refractivity contribution >= 4 is 17.3 Å². The second-order valence-electron chi connectivity index (χ2n) is 4.87. The zero-order valence-electron chi connectivity index (χ0n) is 12.6. The lowest BCUT2D eigenvalue weighted by atomic mass is 10.3. The minimum atomic E-state index is 0.615. The van der Waals surface area contributed by atoms with Crippen LogP contribution in [0.4, 0.5) is 5.95 Å². The number of pyridine rings is 1. The molecular weight excluding hydrogens is 294 g/mol. The van der Waals surface area contributed by atoms with Gasteiger partial charge in [-0.25, -0.2) is 15.0 Å². The maximum Gasteiger partial charge on any atom is 0.223 e. The van der Waals surface area contributed by atoms with Gasteiger partial charge in [-0.05, 0) is 31.5 Å². The van der Waals surface area contributed by atoms with Crippen LogP contribution in [0.25, 0.3) is 11.4 Å². The SMILES string of the molecule is CCc1cc(C)nc(NCc2nc(-c3ccccn3)cs2)n1. The van der Waals surface area contributed by atoms with E-state index in [4.69, 9.17) is 0 Å². The molecule has 3 rings (SSSR count). The quantitative estimate of drug-likeness (QED) is 0.781. The summed E-state index contributed by atoms with van der Waals surface area (Å²) in [5.41, 5.74) is 3.82. The first-order valence-electron chi connectivity index (χ1n) is 7.19. The second-order valence-corrected chi connectivity index (χ2v) is 5.82. The van der Waals surface area contributed by atoms with E-state index in [1.807, 2.05) is 36.6 Å². The van der Waals surface area contributed by atoms with Gasteiger partial charge in [-0.15, -0.1) is 11.3 Å². The molecule has 22 heavy (non-hydrogen) atoms. The maximum atomic E-state index is 4.60. The number of hydrogen-bond acceptors (Lipinski definition) is 6. The van der Waals surface area contributed by atoms with Crippen LogP contribution in [0.5, 0.6) is 0 Å². The number of nitrogens with one attached hydrogen (secondary N) is 1. The first-order valence-corrected chi connectivity index (χ1v) is 8.07. The van der Waals surface area contributed by atoms with Crippen LogP contribution in [0, 0.1) is 6.92 Å². The fourth-order valence-corrected chi connectivity index (χ4v) is 2.80. The summed E-state index contributed by atoms with van der Waals surface area (Å²) in [5.74, 6) is 0.659. The molecule has 6 heteroatoms. The van der Waals surface area contributed by atoms with Crippen molar-refractivity contribution in [2.75, 3.05) is 5.32 Å². The van der Waals surface area contributed by atoms with Crippen LogP contribution in [0.2, 0.25) is 0 Å². The third kappa shape index (κ3) is 3.46. The van der Waals surface area contributed by atoms with Crippen molar-refractivity contribution in [3.8, 4) is 11.4 Å². The van der Waals surface area contributed by atoms with E-state index in [2.05, 4.69) is 32.2 Å². The average Bonchev–Trinajstić information content (AvgIpc) is 3.02. The zero-order valence-corrected chi connectivity index (χ0v) is 13.4. The van der Waals surface area contributed by atoms with Crippen molar-refractivity contribution in [3.05, 3.63) is 52.2 Å². The maximum absolute atomic E-state index is 4.60. The van der Waals surface area contributed by atoms with E-state index in [0.29, 0.717) is 12.5 Å². The Morgan fingerprint density at radius 1 is 1.14 bits per heavy atom. The number of hydrogen-bond donors (Lipinski definition) is 1. The Hall–Kier alpha value is -2.34. The highest BCUT2D eigenvalue weighted by Crippen LogP contribution is 2.20. The van der Waals surface area contributed by atoms with Crippen molar-refractivity contribution in [3.63, 3.8) is 0 Å². The molecule has 1 N–H and O–H groups in total. The highest BCUT2D eigenvalue weighted by molar-refractivity contribution is 7.09. The lowest BCUT2D eigenvalue weighted by molar-refractivity contribution is 0.952. The van der Waals surface area contributed by atoms with E-state index in [-0.39, 0.29) is 0 Å². The number of aromatic nitrogens is 4. The van der Waals surface area contributed by atoms with E-state index >= 15 is 0 Å². The summed E-state index contributed by atoms with van der Waals surface area (Å²) in [5, 5.41) is 6.26. The molecule has 0 atom stereocenters. The average molecular weight is 311 g/mol. The summed E-state index contributed by atoms with van der Waals surface area (Å²) < 4.78 is 0. The lowest BCUT2D eigenvalue weighted by Crippen LogP contribution is -2.06. The van der Waals surface area contributed by atoms with Crippen LogP contribution >= 0.6 is 11.3 Å². The normalized spacial score (nSPS) is 10.6. The van der Waals surface area contributed by atoms with Crippen LogP contribution in [0.3, 0.4) is 0 Å². The van der Waals surface area contributed by atoms with Gasteiger partial charge in [-0.2, -0.15) is 0 Å². The monoisotopic (exact) mass is 311 g/mol. The Labute approximate surface area is 133 Å². The molecule has 0 aliphatic rings. The molecule has 0 amide bonds. The number of aryl methyl sites for hydroxylation is 2. The molecule has 0 bridgehead atoms. The van der Waals surface area contributed by atoms with Gasteiger partial charge in [0.15, 0.2) is 0 Å². The largest absolute Gasteiger partial charge is 0.348 e. The highest BCUT2D eigenvalue weighted by atomic mass is 32.1. The van der Waals surface area contributed by atoms with E-state index in [1.54, 1.807) is 17.5 Å². The Morgan fingerprint density at radius 2 is 2.05 bits per heavy atom. The van der Waals surface area contributed by atoms with Crippen molar-refractivity contribution in [1.82, 2.24) is 19.9 Å². The van der Waals surface area contributed by atoms with E-state index < -0.39 is 0 Å². The van der Waals surface area contributed by atoms with Crippen molar-refractivity contribution in [2.45, 2.75) is 26.8 Å². The molecule has 0 radical (unpaired) electrons. The van der Waals surface area contributed by atoms with Gasteiger partial charge in [-0.3, -0.25) is 4.98 Å². The lowest BCUT2D eigenvalue weighted by Gasteiger charge is -2.05. The number of thiazole rings is 1. The highest BCUT2D eigenvalue weighted by Gasteiger charge is 2.06. The summed E-state index contributed by atoms with van der Waals surface area (Å²) in [7, 11) is 0. The number of nitrogens with zero attached hydrogens (tertiary/aromatic N) is 4. The minimum absolute atomic E-state index is 0.615. The van der Waals surface area contributed by atoms with Gasteiger partial charge in [0, 0.05) is 23.0 Å². The Balaban J connectivity index is 1.70. The molecule has 0 aliphatic heterocycles. The topological polar surface area (TPSA) is 63.6 Å². The third-order valence-corrected chi connectivity index (χ3v) is 4.00. The number of rotatable bonds is 5. The molecule has 3 heterocycles. The van der Waals surface area contributed by atoms with Crippen LogP contribution in [0.1, 0.15) is 23.3 Å². The molecule has 3 aromatic rings. The predicted octanol–water partition coefficient (Wildman–Crippen LogP) is 3.48. The molecule has 0 aliphatic carbocycles. The molecule has 112 valence electrons. The molecule has 0 aromatic carbocycles. The molecule has 5 nitrogen and oxygen atoms in total. The van der Waals surface area contributed by atoms with E-state index in [0.717, 1.165) is 34.2 Å². The van der Waals surface area contributed by atoms with Crippen LogP contribution in [-0.2, 0) is 13.0 Å². The fourth-order valence-electron chi connectivity index (χ4n) is 2.07. The smallest absolute Gasteiger partial charge is 0.223 e. The van der Waals surface area contributed by atoms with Gasteiger partial charge < -0.3 is 5.32 Å². The summed E-state index contributed by atoms with van der Waals surface area (Å²) >= 11 is 1.61. The standard InChI is InChI=1S/C16H17N5S/c1-3-12-8-11(2)19-16(20-12)18-9-15-21-14(10-22-15)13-6-4-5-7-17-13/h4-8,10H,3,9H2,1-2H3,(H,18,19,20). The van der Waals surface area contributed by atoms with Gasteiger partial charge in [0.25, 0.3) is 0 Å². The molecule has 0 spiro atoms. The molecule has 3 aromatic heterocycles. The Morgan fingerprint density at radius 3 is 2.82 bits per heavy atom. The summed E-state index contributed by atoms with van der Waals surface area (Å²) in [6, 6.07) is 7.84. The van der Waals surface area contributed by atoms with Crippen molar-refractivity contribution in [1.29, 1.82) is 0 Å². The first-order chi connectivity index (χ1) is 10.7. The zero-order chi connectivity index (χ0) is 15.4. The second kappa shape index (κ2) is 6.62. The summed E-state index contributed by atoms with van der Waals surface area (Å²) in [6.07, 6.45) is 2.68. The molecule has 0 fully saturated rings. The van der Waals surface area contributed by atoms with E-state index in [9.17, 15) is 0 Å². The number of anilines is 1. The fraction of sp³-hybridized carbons (Fsp3) is 0.250. The van der Waals surface area contributed by atoms with Crippen LogP contribution < -0.4 is 5.32 Å². The Kier molecular flexibility index (Phi) is 4.39. The minimum Gasteiger partial charge on any atom is -0.348 e. The van der Waals surface area contributed by atoms with Gasteiger partial charge in [-0.1, -0.05) is 13.0 Å². The van der Waals surface area contributed by atoms with Gasteiger partial charge in [0.05, 0.1) is 17.9 Å². The van der Waals surface area contributed by atoms with Gasteiger partial charge in [0.1, 0.15) is 5.01 Å². The van der Waals surface area contributed by atoms with E-state index in [1.165, 1.54) is 0 Å². The van der Waals surface area contributed by atoms with Crippen molar-refractivity contribution in [2.24, 2.45) is 0 Å². The van der Waals surface area contributed by atoms with Crippen LogP contribution in [0.15, 0.2) is 35.8 Å². The predicted molar refractivity (Wildman–Crippen MR) is 88.8 cm³/mol. The first kappa shape index (κ1) is 14.6. The van der Waals surface area contributed by atoms with Gasteiger partial charge in [0.2, 0.25) is 5.95 Å². The molecular formula is C16H17N5S. The summed E-state index contributed by atoms with van der Waals surface area (Å²) in [4.78, 5) is 17.8. The van der Waals surface area contributed by atoms with Crippen LogP contribution in [-0.4, -0.2) is 19.9 Å².